The lowest BCUT2D eigenvalue weighted by Gasteiger charge is -2.34. The van der Waals surface area contributed by atoms with E-state index in [1.54, 1.807) is 35.2 Å². The summed E-state index contributed by atoms with van der Waals surface area (Å²) < 4.78 is 27.3. The molecule has 1 amide bonds. The zero-order valence-corrected chi connectivity index (χ0v) is 18.2. The Labute approximate surface area is 178 Å². The normalized spacial score (nSPS) is 15.2. The van der Waals surface area contributed by atoms with Crippen molar-refractivity contribution in [1.82, 2.24) is 9.21 Å². The lowest BCUT2D eigenvalue weighted by Crippen LogP contribution is -2.50. The SMILES string of the molecule is CCCc1ccc(S(=O)(=O)N2CCN(C(=O)c3ccc(C(=N)N)cc3C)CC2)cc1. The van der Waals surface area contributed by atoms with Crippen LogP contribution in [0.5, 0.6) is 0 Å². The van der Waals surface area contributed by atoms with E-state index in [0.29, 0.717) is 24.2 Å². The molecule has 0 spiro atoms. The van der Waals surface area contributed by atoms with Crippen molar-refractivity contribution in [3.63, 3.8) is 0 Å². The van der Waals surface area contributed by atoms with Gasteiger partial charge in [-0.25, -0.2) is 8.42 Å². The van der Waals surface area contributed by atoms with Crippen LogP contribution in [0.4, 0.5) is 0 Å². The van der Waals surface area contributed by atoms with Gasteiger partial charge >= 0.3 is 0 Å². The molecule has 8 heteroatoms. The highest BCUT2D eigenvalue weighted by molar-refractivity contribution is 7.89. The molecule has 1 fully saturated rings. The summed E-state index contributed by atoms with van der Waals surface area (Å²) >= 11 is 0. The second-order valence-corrected chi connectivity index (χ2v) is 9.47. The molecule has 30 heavy (non-hydrogen) atoms. The Balaban J connectivity index is 1.68. The molecule has 3 rings (SSSR count). The minimum Gasteiger partial charge on any atom is -0.384 e. The van der Waals surface area contributed by atoms with Crippen LogP contribution < -0.4 is 5.73 Å². The lowest BCUT2D eigenvalue weighted by atomic mass is 10.0. The van der Waals surface area contributed by atoms with Gasteiger partial charge < -0.3 is 10.6 Å². The number of nitrogens with two attached hydrogens (primary N) is 1. The van der Waals surface area contributed by atoms with E-state index in [4.69, 9.17) is 11.1 Å². The number of hydrogen-bond acceptors (Lipinski definition) is 4. The molecule has 1 heterocycles. The first-order valence-electron chi connectivity index (χ1n) is 10.1. The smallest absolute Gasteiger partial charge is 0.254 e. The molecule has 1 saturated heterocycles. The van der Waals surface area contributed by atoms with Gasteiger partial charge in [-0.2, -0.15) is 4.31 Å². The van der Waals surface area contributed by atoms with Crippen molar-refractivity contribution in [2.45, 2.75) is 31.6 Å². The standard InChI is InChI=1S/C22H28N4O3S/c1-3-4-17-5-8-19(9-6-17)30(28,29)26-13-11-25(12-14-26)22(27)20-10-7-18(21(23)24)15-16(20)2/h5-10,15H,3-4,11-14H2,1-2H3,(H3,23,24). The monoisotopic (exact) mass is 428 g/mol. The molecular weight excluding hydrogens is 400 g/mol. The van der Waals surface area contributed by atoms with E-state index in [-0.39, 0.29) is 29.7 Å². The van der Waals surface area contributed by atoms with Crippen LogP contribution in [0.2, 0.25) is 0 Å². The maximum absolute atomic E-state index is 12.9. The Kier molecular flexibility index (Phi) is 6.58. The zero-order valence-electron chi connectivity index (χ0n) is 17.4. The largest absolute Gasteiger partial charge is 0.384 e. The average molecular weight is 429 g/mol. The van der Waals surface area contributed by atoms with Crippen LogP contribution in [0.3, 0.4) is 0 Å². The molecule has 0 atom stereocenters. The molecular formula is C22H28N4O3S. The van der Waals surface area contributed by atoms with E-state index < -0.39 is 10.0 Å². The average Bonchev–Trinajstić information content (AvgIpc) is 2.74. The van der Waals surface area contributed by atoms with Crippen LogP contribution in [0, 0.1) is 12.3 Å². The van der Waals surface area contributed by atoms with E-state index in [1.807, 2.05) is 19.1 Å². The second kappa shape index (κ2) is 8.97. The summed E-state index contributed by atoms with van der Waals surface area (Å²) in [5.41, 5.74) is 8.49. The molecule has 0 aromatic heterocycles. The van der Waals surface area contributed by atoms with Crippen molar-refractivity contribution >= 4 is 21.8 Å². The van der Waals surface area contributed by atoms with Crippen molar-refractivity contribution < 1.29 is 13.2 Å². The molecule has 0 bridgehead atoms. The Hall–Kier alpha value is -2.71. The third kappa shape index (κ3) is 4.55. The van der Waals surface area contributed by atoms with Crippen LogP contribution in [0.25, 0.3) is 0 Å². The zero-order chi connectivity index (χ0) is 21.9. The molecule has 0 saturated carbocycles. The Morgan fingerprint density at radius 1 is 1.07 bits per heavy atom. The Morgan fingerprint density at radius 2 is 1.70 bits per heavy atom. The first-order valence-corrected chi connectivity index (χ1v) is 11.5. The van der Waals surface area contributed by atoms with E-state index >= 15 is 0 Å². The van der Waals surface area contributed by atoms with Crippen LogP contribution in [0.1, 0.15) is 40.4 Å². The quantitative estimate of drug-likeness (QED) is 0.544. The summed E-state index contributed by atoms with van der Waals surface area (Å²) in [4.78, 5) is 14.9. The van der Waals surface area contributed by atoms with E-state index in [2.05, 4.69) is 6.92 Å². The van der Waals surface area contributed by atoms with Crippen molar-refractivity contribution in [2.75, 3.05) is 26.2 Å². The number of sulfonamides is 1. The summed E-state index contributed by atoms with van der Waals surface area (Å²) in [5, 5.41) is 7.51. The summed E-state index contributed by atoms with van der Waals surface area (Å²) in [6, 6.07) is 12.1. The van der Waals surface area contributed by atoms with Gasteiger partial charge in [-0.05, 0) is 48.7 Å². The predicted octanol–water partition coefficient (Wildman–Crippen LogP) is 2.38. The first kappa shape index (κ1) is 22.0. The molecule has 0 radical (unpaired) electrons. The van der Waals surface area contributed by atoms with Crippen molar-refractivity contribution in [1.29, 1.82) is 5.41 Å². The molecule has 7 nitrogen and oxygen atoms in total. The number of carbonyl (C=O) groups excluding carboxylic acids is 1. The molecule has 2 aromatic carbocycles. The van der Waals surface area contributed by atoms with Crippen molar-refractivity contribution in [3.8, 4) is 0 Å². The van der Waals surface area contributed by atoms with Crippen molar-refractivity contribution in [3.05, 3.63) is 64.7 Å². The minimum atomic E-state index is -3.57. The summed E-state index contributed by atoms with van der Waals surface area (Å²) in [6.07, 6.45) is 1.94. The van der Waals surface area contributed by atoms with Crippen LogP contribution in [-0.2, 0) is 16.4 Å². The fourth-order valence-corrected chi connectivity index (χ4v) is 5.06. The number of amides is 1. The Morgan fingerprint density at radius 3 is 2.23 bits per heavy atom. The van der Waals surface area contributed by atoms with Crippen LogP contribution in [-0.4, -0.2) is 55.5 Å². The maximum atomic E-state index is 12.9. The second-order valence-electron chi connectivity index (χ2n) is 7.53. The van der Waals surface area contributed by atoms with E-state index in [0.717, 1.165) is 24.0 Å². The van der Waals surface area contributed by atoms with Gasteiger partial charge in [-0.1, -0.05) is 31.5 Å². The van der Waals surface area contributed by atoms with Gasteiger partial charge in [0.2, 0.25) is 10.0 Å². The number of nitrogen functional groups attached to an aromatic ring is 1. The molecule has 2 aromatic rings. The molecule has 0 aliphatic carbocycles. The van der Waals surface area contributed by atoms with Crippen LogP contribution in [0.15, 0.2) is 47.4 Å². The van der Waals surface area contributed by atoms with Gasteiger partial charge in [0, 0.05) is 37.3 Å². The van der Waals surface area contributed by atoms with Gasteiger partial charge in [-0.15, -0.1) is 0 Å². The highest BCUT2D eigenvalue weighted by Gasteiger charge is 2.30. The number of benzene rings is 2. The summed E-state index contributed by atoms with van der Waals surface area (Å²) in [7, 11) is -3.57. The third-order valence-corrected chi connectivity index (χ3v) is 7.31. The summed E-state index contributed by atoms with van der Waals surface area (Å²) in [5.74, 6) is -0.179. The van der Waals surface area contributed by atoms with Gasteiger partial charge in [0.25, 0.3) is 5.91 Å². The molecule has 3 N–H and O–H groups in total. The molecule has 1 aliphatic heterocycles. The number of amidine groups is 1. The number of carbonyl (C=O) groups is 1. The highest BCUT2D eigenvalue weighted by Crippen LogP contribution is 2.20. The fraction of sp³-hybridized carbons (Fsp3) is 0.364. The van der Waals surface area contributed by atoms with E-state index in [9.17, 15) is 13.2 Å². The van der Waals surface area contributed by atoms with Gasteiger partial charge in [0.15, 0.2) is 0 Å². The molecule has 0 unspecified atom stereocenters. The van der Waals surface area contributed by atoms with Crippen LogP contribution >= 0.6 is 0 Å². The Bertz CT molecular complexity index is 1040. The highest BCUT2D eigenvalue weighted by atomic mass is 32.2. The lowest BCUT2D eigenvalue weighted by molar-refractivity contribution is 0.0697. The molecule has 1 aliphatic rings. The number of aryl methyl sites for hydroxylation is 2. The molecule has 160 valence electrons. The number of hydrogen-bond donors (Lipinski definition) is 2. The minimum absolute atomic E-state index is 0.0429. The number of nitrogens with one attached hydrogen (secondary N) is 1. The third-order valence-electron chi connectivity index (χ3n) is 5.39. The van der Waals surface area contributed by atoms with Gasteiger partial charge in [0.1, 0.15) is 5.84 Å². The first-order chi connectivity index (χ1) is 14.2. The number of piperazine rings is 1. The van der Waals surface area contributed by atoms with Crippen molar-refractivity contribution in [2.24, 2.45) is 5.73 Å². The predicted molar refractivity (Wildman–Crippen MR) is 117 cm³/mol. The topological polar surface area (TPSA) is 108 Å². The van der Waals surface area contributed by atoms with Gasteiger partial charge in [-0.3, -0.25) is 10.2 Å². The fourth-order valence-electron chi connectivity index (χ4n) is 3.64. The van der Waals surface area contributed by atoms with Gasteiger partial charge in [0.05, 0.1) is 4.90 Å². The number of rotatable bonds is 6. The van der Waals surface area contributed by atoms with E-state index in [1.165, 1.54) is 4.31 Å². The number of nitrogens with zero attached hydrogens (tertiary/aromatic N) is 2. The summed E-state index contributed by atoms with van der Waals surface area (Å²) in [6.45, 7) is 5.08. The maximum Gasteiger partial charge on any atom is 0.254 e.